The first kappa shape index (κ1) is 25.5. The van der Waals surface area contributed by atoms with Gasteiger partial charge in [-0.05, 0) is 78.7 Å². The summed E-state index contributed by atoms with van der Waals surface area (Å²) >= 11 is 0. The van der Waals surface area contributed by atoms with Gasteiger partial charge in [-0.2, -0.15) is 0 Å². The van der Waals surface area contributed by atoms with E-state index in [1.54, 1.807) is 0 Å². The van der Waals surface area contributed by atoms with Crippen molar-refractivity contribution in [3.05, 3.63) is 103 Å². The van der Waals surface area contributed by atoms with Gasteiger partial charge < -0.3 is 10.2 Å². The molecule has 1 heterocycles. The number of nitrogens with zero attached hydrogens (tertiary/aromatic N) is 3. The average Bonchev–Trinajstić information content (AvgIpc) is 3.75. The quantitative estimate of drug-likeness (QED) is 0.295. The first-order valence-corrected chi connectivity index (χ1v) is 12.7. The van der Waals surface area contributed by atoms with Crippen molar-refractivity contribution >= 4 is 23.7 Å². The molecular weight excluding hydrogens is 440 g/mol. The fourth-order valence-electron chi connectivity index (χ4n) is 4.40. The largest absolute Gasteiger partial charge is 0.370 e. The van der Waals surface area contributed by atoms with E-state index in [0.29, 0.717) is 0 Å². The molecule has 36 heavy (non-hydrogen) atoms. The highest BCUT2D eigenvalue weighted by Crippen LogP contribution is 2.33. The molecule has 1 fully saturated rings. The zero-order valence-electron chi connectivity index (χ0n) is 21.9. The highest BCUT2D eigenvalue weighted by Gasteiger charge is 2.21. The molecule has 1 aliphatic rings. The lowest BCUT2D eigenvalue weighted by atomic mass is 10.0. The molecule has 0 spiro atoms. The number of nitrogens with one attached hydrogen (secondary N) is 1. The molecule has 1 N–H and O–H groups in total. The molecule has 3 aromatic rings. The van der Waals surface area contributed by atoms with Crippen molar-refractivity contribution in [1.29, 1.82) is 0 Å². The first-order valence-electron chi connectivity index (χ1n) is 12.7. The summed E-state index contributed by atoms with van der Waals surface area (Å²) in [4.78, 5) is 9.02. The van der Waals surface area contributed by atoms with Crippen LogP contribution >= 0.6 is 0 Å². The van der Waals surface area contributed by atoms with E-state index in [2.05, 4.69) is 115 Å². The number of rotatable bonds is 12. The third kappa shape index (κ3) is 6.13. The Bertz CT molecular complexity index is 1240. The maximum atomic E-state index is 4.51. The second-order valence-electron chi connectivity index (χ2n) is 9.82. The fourth-order valence-corrected chi connectivity index (χ4v) is 4.40. The van der Waals surface area contributed by atoms with E-state index >= 15 is 0 Å². The van der Waals surface area contributed by atoms with E-state index < -0.39 is 0 Å². The number of hydrogen-bond acceptors (Lipinski definition) is 4. The molecule has 4 nitrogen and oxygen atoms in total. The molecule has 0 saturated heterocycles. The molecule has 1 saturated carbocycles. The Labute approximate surface area is 216 Å². The Hall–Kier alpha value is -3.63. The average molecular weight is 479 g/mol. The SMILES string of the molecule is C=Cc1cccc(CN(C)[C@H](C)C(=C)N(C)c2cc(-c3ccnc(NCC4CC4)c3)ccc2C=C)c1. The summed E-state index contributed by atoms with van der Waals surface area (Å²) in [6, 6.07) is 19.4. The van der Waals surface area contributed by atoms with Gasteiger partial charge >= 0.3 is 0 Å². The van der Waals surface area contributed by atoms with Gasteiger partial charge in [-0.1, -0.05) is 68.3 Å². The molecule has 0 bridgehead atoms. The third-order valence-corrected chi connectivity index (χ3v) is 7.17. The predicted octanol–water partition coefficient (Wildman–Crippen LogP) is 7.33. The van der Waals surface area contributed by atoms with E-state index in [4.69, 9.17) is 0 Å². The van der Waals surface area contributed by atoms with Gasteiger partial charge in [0, 0.05) is 43.8 Å². The van der Waals surface area contributed by atoms with Crippen molar-refractivity contribution in [2.24, 2.45) is 5.92 Å². The zero-order valence-corrected chi connectivity index (χ0v) is 21.9. The monoisotopic (exact) mass is 478 g/mol. The Morgan fingerprint density at radius 2 is 1.83 bits per heavy atom. The smallest absolute Gasteiger partial charge is 0.126 e. The van der Waals surface area contributed by atoms with Crippen LogP contribution in [0.15, 0.2) is 86.2 Å². The molecule has 1 aromatic heterocycles. The molecule has 4 rings (SSSR count). The van der Waals surface area contributed by atoms with Crippen LogP contribution in [0.4, 0.5) is 11.5 Å². The van der Waals surface area contributed by atoms with Gasteiger partial charge in [0.25, 0.3) is 0 Å². The summed E-state index contributed by atoms with van der Waals surface area (Å²) < 4.78 is 0. The van der Waals surface area contributed by atoms with Crippen LogP contribution < -0.4 is 10.2 Å². The number of likely N-dealkylation sites (N-methyl/N-ethyl adjacent to an activating group) is 2. The Morgan fingerprint density at radius 3 is 2.56 bits per heavy atom. The van der Waals surface area contributed by atoms with Crippen molar-refractivity contribution in [3.8, 4) is 11.1 Å². The van der Waals surface area contributed by atoms with Gasteiger partial charge in [-0.15, -0.1) is 0 Å². The summed E-state index contributed by atoms with van der Waals surface area (Å²) in [5.41, 5.74) is 7.89. The minimum Gasteiger partial charge on any atom is -0.370 e. The van der Waals surface area contributed by atoms with Crippen molar-refractivity contribution in [2.45, 2.75) is 32.4 Å². The maximum absolute atomic E-state index is 4.51. The number of hydrogen-bond donors (Lipinski definition) is 1. The summed E-state index contributed by atoms with van der Waals surface area (Å²) in [6.07, 6.45) is 8.33. The van der Waals surface area contributed by atoms with E-state index in [-0.39, 0.29) is 6.04 Å². The van der Waals surface area contributed by atoms with Crippen LogP contribution in [0.1, 0.15) is 36.5 Å². The standard InChI is InChI=1S/C32H38N4/c1-7-25-10-9-11-27(18-25)22-35(5)23(3)24(4)36(6)31-19-29(15-14-28(31)8-2)30-16-17-33-32(20-30)34-21-26-12-13-26/h7-11,14-20,23,26H,1-2,4,12-13,21-22H2,3,5-6H3,(H,33,34)/t23-/m1/s1. The lowest BCUT2D eigenvalue weighted by Crippen LogP contribution is -2.36. The number of pyridine rings is 1. The maximum Gasteiger partial charge on any atom is 0.126 e. The molecule has 1 aliphatic carbocycles. The minimum absolute atomic E-state index is 0.142. The Morgan fingerprint density at radius 1 is 1.06 bits per heavy atom. The topological polar surface area (TPSA) is 31.4 Å². The summed E-state index contributed by atoms with van der Waals surface area (Å²) in [5.74, 6) is 1.74. The number of benzene rings is 2. The van der Waals surface area contributed by atoms with E-state index in [1.165, 1.54) is 18.4 Å². The van der Waals surface area contributed by atoms with Gasteiger partial charge in [-0.25, -0.2) is 4.98 Å². The van der Waals surface area contributed by atoms with Crippen LogP contribution in [0.2, 0.25) is 0 Å². The second-order valence-corrected chi connectivity index (χ2v) is 9.82. The Balaban J connectivity index is 1.52. The normalized spacial score (nSPS) is 13.8. The van der Waals surface area contributed by atoms with Crippen LogP contribution in [0.25, 0.3) is 23.3 Å². The Kier molecular flexibility index (Phi) is 8.07. The van der Waals surface area contributed by atoms with Gasteiger partial charge in [-0.3, -0.25) is 4.90 Å². The lowest BCUT2D eigenvalue weighted by molar-refractivity contribution is 0.276. The minimum atomic E-state index is 0.142. The molecule has 2 aromatic carbocycles. The van der Waals surface area contributed by atoms with Crippen molar-refractivity contribution < 1.29 is 0 Å². The van der Waals surface area contributed by atoms with Gasteiger partial charge in [0.05, 0.1) is 0 Å². The van der Waals surface area contributed by atoms with Crippen LogP contribution in [0, 0.1) is 5.92 Å². The number of aromatic nitrogens is 1. The van der Waals surface area contributed by atoms with Crippen LogP contribution in [0.3, 0.4) is 0 Å². The van der Waals surface area contributed by atoms with Gasteiger partial charge in [0.2, 0.25) is 0 Å². The van der Waals surface area contributed by atoms with Gasteiger partial charge in [0.1, 0.15) is 5.82 Å². The predicted molar refractivity (Wildman–Crippen MR) is 156 cm³/mol. The molecule has 0 unspecified atom stereocenters. The first-order chi connectivity index (χ1) is 17.4. The highest BCUT2D eigenvalue weighted by molar-refractivity contribution is 5.77. The third-order valence-electron chi connectivity index (χ3n) is 7.17. The molecule has 0 aliphatic heterocycles. The van der Waals surface area contributed by atoms with Crippen molar-refractivity contribution in [2.75, 3.05) is 30.9 Å². The molecular formula is C32H38N4. The van der Waals surface area contributed by atoms with Crippen LogP contribution in [-0.2, 0) is 6.54 Å². The van der Waals surface area contributed by atoms with Gasteiger partial charge in [0.15, 0.2) is 0 Å². The fraction of sp³-hybridized carbons (Fsp3) is 0.281. The number of anilines is 2. The summed E-state index contributed by atoms with van der Waals surface area (Å²) in [7, 11) is 4.23. The second kappa shape index (κ2) is 11.4. The lowest BCUT2D eigenvalue weighted by Gasteiger charge is -2.33. The van der Waals surface area contributed by atoms with E-state index in [1.807, 2.05) is 18.3 Å². The summed E-state index contributed by atoms with van der Waals surface area (Å²) in [5, 5.41) is 3.49. The van der Waals surface area contributed by atoms with Crippen LogP contribution in [-0.4, -0.2) is 36.6 Å². The molecule has 4 heteroatoms. The highest BCUT2D eigenvalue weighted by atomic mass is 15.2. The molecule has 0 amide bonds. The molecule has 0 radical (unpaired) electrons. The van der Waals surface area contributed by atoms with Crippen molar-refractivity contribution in [1.82, 2.24) is 9.88 Å². The van der Waals surface area contributed by atoms with E-state index in [0.717, 1.165) is 58.5 Å². The van der Waals surface area contributed by atoms with E-state index in [9.17, 15) is 0 Å². The molecule has 186 valence electrons. The molecule has 1 atom stereocenters. The van der Waals surface area contributed by atoms with Crippen molar-refractivity contribution in [3.63, 3.8) is 0 Å². The zero-order chi connectivity index (χ0) is 25.7. The summed E-state index contributed by atoms with van der Waals surface area (Å²) in [6.45, 7) is 16.5. The van der Waals surface area contributed by atoms with Crippen LogP contribution in [0.5, 0.6) is 0 Å².